The van der Waals surface area contributed by atoms with Gasteiger partial charge >= 0.3 is 0 Å². The summed E-state index contributed by atoms with van der Waals surface area (Å²) in [4.78, 5) is 11.6. The summed E-state index contributed by atoms with van der Waals surface area (Å²) in [6.45, 7) is 4.94. The van der Waals surface area contributed by atoms with Gasteiger partial charge < -0.3 is 5.32 Å². The third-order valence-electron chi connectivity index (χ3n) is 3.46. The first-order chi connectivity index (χ1) is 8.12. The van der Waals surface area contributed by atoms with Crippen molar-refractivity contribution in [1.29, 1.82) is 0 Å². The Morgan fingerprint density at radius 1 is 1.29 bits per heavy atom. The van der Waals surface area contributed by atoms with Gasteiger partial charge in [-0.25, -0.2) is 0 Å². The van der Waals surface area contributed by atoms with Crippen molar-refractivity contribution in [2.75, 3.05) is 6.54 Å². The van der Waals surface area contributed by atoms with Gasteiger partial charge in [0.1, 0.15) is 0 Å². The third-order valence-corrected chi connectivity index (χ3v) is 3.46. The zero-order chi connectivity index (χ0) is 12.3. The molecule has 0 bridgehead atoms. The average molecular weight is 231 g/mol. The first kappa shape index (κ1) is 12.2. The Morgan fingerprint density at radius 2 is 1.94 bits per heavy atom. The van der Waals surface area contributed by atoms with Crippen LogP contribution in [0.1, 0.15) is 38.7 Å². The largest absolute Gasteiger partial charge is 0.355 e. The van der Waals surface area contributed by atoms with E-state index in [0.29, 0.717) is 12.3 Å². The second-order valence-electron chi connectivity index (χ2n) is 5.52. The van der Waals surface area contributed by atoms with Gasteiger partial charge in [0.25, 0.3) is 0 Å². The van der Waals surface area contributed by atoms with Gasteiger partial charge in [-0.15, -0.1) is 0 Å². The maximum atomic E-state index is 11.6. The van der Waals surface area contributed by atoms with Gasteiger partial charge in [0.05, 0.1) is 0 Å². The lowest BCUT2D eigenvalue weighted by atomic mass is 9.96. The number of nitrogens with one attached hydrogen (secondary N) is 1. The van der Waals surface area contributed by atoms with Gasteiger partial charge in [-0.2, -0.15) is 0 Å². The van der Waals surface area contributed by atoms with E-state index >= 15 is 0 Å². The minimum atomic E-state index is 0.183. The van der Waals surface area contributed by atoms with Crippen molar-refractivity contribution in [2.24, 2.45) is 5.92 Å². The van der Waals surface area contributed by atoms with Crippen LogP contribution in [0.25, 0.3) is 0 Å². The molecule has 0 aliphatic heterocycles. The van der Waals surface area contributed by atoms with Crippen molar-refractivity contribution in [3.63, 3.8) is 0 Å². The number of benzene rings is 1. The van der Waals surface area contributed by atoms with Gasteiger partial charge in [-0.3, -0.25) is 4.79 Å². The lowest BCUT2D eigenvalue weighted by Crippen LogP contribution is -2.32. The average Bonchev–Trinajstić information content (AvgIpc) is 3.08. The highest BCUT2D eigenvalue weighted by atomic mass is 16.1. The highest BCUT2D eigenvalue weighted by Gasteiger charge is 2.44. The van der Waals surface area contributed by atoms with Gasteiger partial charge in [-0.05, 0) is 24.3 Å². The highest BCUT2D eigenvalue weighted by molar-refractivity contribution is 5.76. The van der Waals surface area contributed by atoms with Crippen LogP contribution in [0.2, 0.25) is 0 Å². The summed E-state index contributed by atoms with van der Waals surface area (Å²) in [6.07, 6.45) is 3.02. The van der Waals surface area contributed by atoms with E-state index in [1.165, 1.54) is 18.4 Å². The SMILES string of the molecule is CC(C)CC(=O)NCC1(c2ccccc2)CC1. The van der Waals surface area contributed by atoms with Crippen molar-refractivity contribution < 1.29 is 4.79 Å². The van der Waals surface area contributed by atoms with Gasteiger partial charge in [-0.1, -0.05) is 44.2 Å². The first-order valence-electron chi connectivity index (χ1n) is 6.45. The first-order valence-corrected chi connectivity index (χ1v) is 6.45. The van der Waals surface area contributed by atoms with Gasteiger partial charge in [0.2, 0.25) is 5.91 Å². The molecular formula is C15H21NO. The lowest BCUT2D eigenvalue weighted by molar-refractivity contribution is -0.121. The monoisotopic (exact) mass is 231 g/mol. The molecule has 2 heteroatoms. The van der Waals surface area contributed by atoms with Gasteiger partial charge in [0.15, 0.2) is 0 Å². The van der Waals surface area contributed by atoms with E-state index < -0.39 is 0 Å². The molecule has 1 amide bonds. The molecule has 17 heavy (non-hydrogen) atoms. The van der Waals surface area contributed by atoms with Crippen molar-refractivity contribution >= 4 is 5.91 Å². The lowest BCUT2D eigenvalue weighted by Gasteiger charge is -2.17. The molecule has 0 unspecified atom stereocenters. The number of hydrogen-bond acceptors (Lipinski definition) is 1. The normalized spacial score (nSPS) is 16.9. The molecule has 0 heterocycles. The van der Waals surface area contributed by atoms with E-state index in [1.807, 2.05) is 6.07 Å². The van der Waals surface area contributed by atoms with E-state index in [4.69, 9.17) is 0 Å². The van der Waals surface area contributed by atoms with E-state index in [2.05, 4.69) is 43.4 Å². The molecule has 1 aromatic carbocycles. The molecule has 2 nitrogen and oxygen atoms in total. The van der Waals surface area contributed by atoms with E-state index in [-0.39, 0.29) is 11.3 Å². The number of carbonyl (C=O) groups is 1. The molecule has 1 N–H and O–H groups in total. The van der Waals surface area contributed by atoms with E-state index in [0.717, 1.165) is 6.54 Å². The predicted molar refractivity (Wildman–Crippen MR) is 69.8 cm³/mol. The van der Waals surface area contributed by atoms with Crippen molar-refractivity contribution in [3.8, 4) is 0 Å². The Labute approximate surface area is 103 Å². The molecule has 1 aliphatic rings. The summed E-state index contributed by atoms with van der Waals surface area (Å²) >= 11 is 0. The fraction of sp³-hybridized carbons (Fsp3) is 0.533. The molecule has 1 aliphatic carbocycles. The van der Waals surface area contributed by atoms with E-state index in [1.54, 1.807) is 0 Å². The second kappa shape index (κ2) is 4.91. The topological polar surface area (TPSA) is 29.1 Å². The zero-order valence-corrected chi connectivity index (χ0v) is 10.7. The molecular weight excluding hydrogens is 210 g/mol. The summed E-state index contributed by atoms with van der Waals surface area (Å²) < 4.78 is 0. The van der Waals surface area contributed by atoms with Crippen molar-refractivity contribution in [1.82, 2.24) is 5.32 Å². The van der Waals surface area contributed by atoms with Crippen LogP contribution in [0.5, 0.6) is 0 Å². The molecule has 92 valence electrons. The predicted octanol–water partition coefficient (Wildman–Crippen LogP) is 2.88. The van der Waals surface area contributed by atoms with Crippen LogP contribution >= 0.6 is 0 Å². The van der Waals surface area contributed by atoms with Crippen LogP contribution in [-0.2, 0) is 10.2 Å². The molecule has 2 rings (SSSR count). The molecule has 1 aromatic rings. The Bertz CT molecular complexity index is 379. The molecule has 0 aromatic heterocycles. The van der Waals surface area contributed by atoms with Crippen molar-refractivity contribution in [2.45, 2.75) is 38.5 Å². The van der Waals surface area contributed by atoms with Gasteiger partial charge in [0, 0.05) is 18.4 Å². The van der Waals surface area contributed by atoms with Crippen LogP contribution < -0.4 is 5.32 Å². The minimum Gasteiger partial charge on any atom is -0.355 e. The number of amides is 1. The number of rotatable bonds is 5. The maximum absolute atomic E-state index is 11.6. The van der Waals surface area contributed by atoms with Crippen LogP contribution in [-0.4, -0.2) is 12.5 Å². The fourth-order valence-corrected chi connectivity index (χ4v) is 2.22. The molecule has 1 saturated carbocycles. The Morgan fingerprint density at radius 3 is 2.47 bits per heavy atom. The molecule has 0 saturated heterocycles. The van der Waals surface area contributed by atoms with Crippen LogP contribution in [0, 0.1) is 5.92 Å². The molecule has 1 fully saturated rings. The van der Waals surface area contributed by atoms with E-state index in [9.17, 15) is 4.79 Å². The molecule has 0 atom stereocenters. The Hall–Kier alpha value is -1.31. The zero-order valence-electron chi connectivity index (χ0n) is 10.7. The molecule has 0 radical (unpaired) electrons. The van der Waals surface area contributed by atoms with Crippen LogP contribution in [0.4, 0.5) is 0 Å². The highest BCUT2D eigenvalue weighted by Crippen LogP contribution is 2.47. The Balaban J connectivity index is 1.89. The second-order valence-corrected chi connectivity index (χ2v) is 5.52. The molecule has 0 spiro atoms. The standard InChI is InChI=1S/C15H21NO/c1-12(2)10-14(17)16-11-15(8-9-15)13-6-4-3-5-7-13/h3-7,12H,8-11H2,1-2H3,(H,16,17). The summed E-state index contributed by atoms with van der Waals surface area (Å²) in [5, 5.41) is 3.08. The summed E-state index contributed by atoms with van der Waals surface area (Å²) in [6, 6.07) is 10.5. The van der Waals surface area contributed by atoms with Crippen molar-refractivity contribution in [3.05, 3.63) is 35.9 Å². The summed E-state index contributed by atoms with van der Waals surface area (Å²) in [7, 11) is 0. The van der Waals surface area contributed by atoms with Crippen LogP contribution in [0.15, 0.2) is 30.3 Å². The Kier molecular flexibility index (Phi) is 3.51. The summed E-state index contributed by atoms with van der Waals surface area (Å²) in [5.41, 5.74) is 1.60. The fourth-order valence-electron chi connectivity index (χ4n) is 2.22. The maximum Gasteiger partial charge on any atom is 0.220 e. The van der Waals surface area contributed by atoms with Crippen LogP contribution in [0.3, 0.4) is 0 Å². The number of hydrogen-bond donors (Lipinski definition) is 1. The number of carbonyl (C=O) groups excluding carboxylic acids is 1. The smallest absolute Gasteiger partial charge is 0.220 e. The quantitative estimate of drug-likeness (QED) is 0.829. The summed E-state index contributed by atoms with van der Waals surface area (Å²) in [5.74, 6) is 0.615. The third kappa shape index (κ3) is 3.09. The minimum absolute atomic E-state index is 0.183.